The number of hydrogen-bond acceptors (Lipinski definition) is 4. The molecule has 0 amide bonds. The molecule has 1 heterocycles. The highest BCUT2D eigenvalue weighted by atomic mass is 79.9. The Kier molecular flexibility index (Phi) is 5.50. The van der Waals surface area contributed by atoms with Crippen molar-refractivity contribution in [2.24, 2.45) is 0 Å². The zero-order valence-electron chi connectivity index (χ0n) is 10.8. The zero-order valence-corrected chi connectivity index (χ0v) is 14.8. The number of rotatable bonds is 5. The van der Waals surface area contributed by atoms with Crippen LogP contribution < -0.4 is 5.32 Å². The van der Waals surface area contributed by atoms with Crippen LogP contribution in [0.1, 0.15) is 18.9 Å². The predicted molar refractivity (Wildman–Crippen MR) is 87.6 cm³/mol. The molecule has 1 N–H and O–H groups in total. The van der Waals surface area contributed by atoms with Gasteiger partial charge in [0.05, 0.1) is 0 Å². The van der Waals surface area contributed by atoms with E-state index in [0.717, 1.165) is 37.5 Å². The van der Waals surface area contributed by atoms with Crippen molar-refractivity contribution >= 4 is 43.2 Å². The molecule has 0 saturated carbocycles. The number of nitrogens with zero attached hydrogens (tertiary/aromatic N) is 2. The minimum absolute atomic E-state index is 0.508. The molecule has 0 unspecified atom stereocenters. The van der Waals surface area contributed by atoms with Gasteiger partial charge >= 0.3 is 0 Å². The molecule has 0 bridgehead atoms. The fraction of sp³-hybridized carbons (Fsp3) is 0.385. The van der Waals surface area contributed by atoms with Crippen LogP contribution in [0.5, 0.6) is 0 Å². The second-order valence-corrected chi connectivity index (χ2v) is 7.41. The van der Waals surface area contributed by atoms with E-state index >= 15 is 0 Å². The summed E-state index contributed by atoms with van der Waals surface area (Å²) >= 11 is 8.63. The first-order valence-corrected chi connectivity index (χ1v) is 8.47. The van der Waals surface area contributed by atoms with Gasteiger partial charge in [-0.3, -0.25) is 0 Å². The number of aromatic nitrogens is 2. The average Bonchev–Trinajstić information content (AvgIpc) is 2.76. The lowest BCUT2D eigenvalue weighted by Gasteiger charge is -2.05. The van der Waals surface area contributed by atoms with Crippen molar-refractivity contribution in [2.45, 2.75) is 26.3 Å². The summed E-state index contributed by atoms with van der Waals surface area (Å²) in [6, 6.07) is 6.63. The van der Waals surface area contributed by atoms with Crippen LogP contribution in [0.4, 0.5) is 0 Å². The summed E-state index contributed by atoms with van der Waals surface area (Å²) in [5.74, 6) is 0. The molecule has 6 heteroatoms. The summed E-state index contributed by atoms with van der Waals surface area (Å²) in [6.45, 7) is 5.23. The highest BCUT2D eigenvalue weighted by Crippen LogP contribution is 2.29. The van der Waals surface area contributed by atoms with Gasteiger partial charge in [0.1, 0.15) is 10.0 Å². The fourth-order valence-corrected chi connectivity index (χ4v) is 3.74. The zero-order chi connectivity index (χ0) is 13.8. The summed E-state index contributed by atoms with van der Waals surface area (Å²) < 4.78 is 2.07. The first-order chi connectivity index (χ1) is 9.04. The Morgan fingerprint density at radius 3 is 2.47 bits per heavy atom. The molecule has 102 valence electrons. The van der Waals surface area contributed by atoms with Crippen molar-refractivity contribution < 1.29 is 0 Å². The lowest BCUT2D eigenvalue weighted by molar-refractivity contribution is 0.588. The molecule has 1 aromatic carbocycles. The van der Waals surface area contributed by atoms with Crippen molar-refractivity contribution in [1.82, 2.24) is 15.5 Å². The van der Waals surface area contributed by atoms with Crippen molar-refractivity contribution in [3.05, 3.63) is 32.2 Å². The van der Waals surface area contributed by atoms with Crippen LogP contribution in [-0.4, -0.2) is 22.8 Å². The Hall–Kier alpha value is -0.300. The minimum Gasteiger partial charge on any atom is -0.314 e. The number of nitrogens with one attached hydrogen (secondary N) is 1. The molecule has 0 saturated heterocycles. The third-order valence-corrected chi connectivity index (χ3v) is 4.42. The van der Waals surface area contributed by atoms with Gasteiger partial charge in [0, 0.05) is 33.5 Å². The number of halogens is 2. The van der Waals surface area contributed by atoms with Gasteiger partial charge in [-0.2, -0.15) is 0 Å². The van der Waals surface area contributed by atoms with E-state index in [4.69, 9.17) is 0 Å². The summed E-state index contributed by atoms with van der Waals surface area (Å²) in [5, 5.41) is 13.9. The third kappa shape index (κ3) is 4.63. The van der Waals surface area contributed by atoms with Crippen molar-refractivity contribution in [2.75, 3.05) is 6.54 Å². The molecule has 0 aliphatic carbocycles. The molecular formula is C13H15Br2N3S. The summed E-state index contributed by atoms with van der Waals surface area (Å²) in [4.78, 5) is 0. The Balaban J connectivity index is 2.07. The van der Waals surface area contributed by atoms with Crippen molar-refractivity contribution in [1.29, 1.82) is 0 Å². The van der Waals surface area contributed by atoms with E-state index in [-0.39, 0.29) is 0 Å². The first kappa shape index (κ1) is 15.1. The van der Waals surface area contributed by atoms with Crippen molar-refractivity contribution in [3.8, 4) is 10.6 Å². The lowest BCUT2D eigenvalue weighted by Crippen LogP contribution is -2.24. The monoisotopic (exact) mass is 403 g/mol. The van der Waals surface area contributed by atoms with E-state index in [0.29, 0.717) is 6.04 Å². The van der Waals surface area contributed by atoms with Crippen molar-refractivity contribution in [3.63, 3.8) is 0 Å². The maximum atomic E-state index is 4.27. The van der Waals surface area contributed by atoms with E-state index in [2.05, 4.69) is 73.4 Å². The predicted octanol–water partition coefficient (Wildman–Crippen LogP) is 4.27. The molecule has 0 atom stereocenters. The van der Waals surface area contributed by atoms with Gasteiger partial charge < -0.3 is 5.32 Å². The molecule has 0 aliphatic heterocycles. The number of benzene rings is 1. The van der Waals surface area contributed by atoms with Gasteiger partial charge in [0.2, 0.25) is 0 Å². The SMILES string of the molecule is CC(C)NCCc1nnc(-c2cc(Br)cc(Br)c2)s1. The van der Waals surface area contributed by atoms with Gasteiger partial charge in [-0.1, -0.05) is 57.0 Å². The van der Waals surface area contributed by atoms with Gasteiger partial charge in [-0.05, 0) is 18.2 Å². The molecule has 19 heavy (non-hydrogen) atoms. The smallest absolute Gasteiger partial charge is 0.147 e. The third-order valence-electron chi connectivity index (χ3n) is 2.47. The molecule has 0 spiro atoms. The maximum Gasteiger partial charge on any atom is 0.147 e. The summed E-state index contributed by atoms with van der Waals surface area (Å²) in [6.07, 6.45) is 0.922. The van der Waals surface area contributed by atoms with Crippen LogP contribution in [-0.2, 0) is 6.42 Å². The fourth-order valence-electron chi connectivity index (χ4n) is 1.62. The van der Waals surface area contributed by atoms with Gasteiger partial charge in [0.25, 0.3) is 0 Å². The Morgan fingerprint density at radius 1 is 1.16 bits per heavy atom. The van der Waals surface area contributed by atoms with E-state index in [9.17, 15) is 0 Å². The van der Waals surface area contributed by atoms with Gasteiger partial charge in [-0.15, -0.1) is 10.2 Å². The molecule has 0 fully saturated rings. The van der Waals surface area contributed by atoms with Crippen LogP contribution in [0.3, 0.4) is 0 Å². The van der Waals surface area contributed by atoms with Crippen LogP contribution >= 0.6 is 43.2 Å². The molecule has 2 rings (SSSR count). The standard InChI is InChI=1S/C13H15Br2N3S/c1-8(2)16-4-3-12-17-18-13(19-12)9-5-10(14)7-11(15)6-9/h5-8,16H,3-4H2,1-2H3. The Bertz CT molecular complexity index is 534. The molecule has 0 radical (unpaired) electrons. The summed E-state index contributed by atoms with van der Waals surface area (Å²) in [7, 11) is 0. The molecular weight excluding hydrogens is 390 g/mol. The molecule has 3 nitrogen and oxygen atoms in total. The average molecular weight is 405 g/mol. The maximum absolute atomic E-state index is 4.27. The highest BCUT2D eigenvalue weighted by molar-refractivity contribution is 9.11. The molecule has 2 aromatic rings. The minimum atomic E-state index is 0.508. The molecule has 0 aliphatic rings. The first-order valence-electron chi connectivity index (χ1n) is 6.07. The second kappa shape index (κ2) is 6.92. The van der Waals surface area contributed by atoms with Crippen LogP contribution in [0.25, 0.3) is 10.6 Å². The van der Waals surface area contributed by atoms with Crippen LogP contribution in [0, 0.1) is 0 Å². The van der Waals surface area contributed by atoms with Crippen LogP contribution in [0.2, 0.25) is 0 Å². The quantitative estimate of drug-likeness (QED) is 0.808. The summed E-state index contributed by atoms with van der Waals surface area (Å²) in [5.41, 5.74) is 1.09. The highest BCUT2D eigenvalue weighted by Gasteiger charge is 2.08. The van der Waals surface area contributed by atoms with E-state index < -0.39 is 0 Å². The molecule has 1 aromatic heterocycles. The largest absolute Gasteiger partial charge is 0.314 e. The van der Waals surface area contributed by atoms with Gasteiger partial charge in [0.15, 0.2) is 0 Å². The number of hydrogen-bond donors (Lipinski definition) is 1. The Morgan fingerprint density at radius 2 is 1.84 bits per heavy atom. The van der Waals surface area contributed by atoms with Gasteiger partial charge in [-0.25, -0.2) is 0 Å². The Labute approximate surface area is 134 Å². The lowest BCUT2D eigenvalue weighted by atomic mass is 10.2. The van der Waals surface area contributed by atoms with Crippen LogP contribution in [0.15, 0.2) is 27.1 Å². The topological polar surface area (TPSA) is 37.8 Å². The van der Waals surface area contributed by atoms with E-state index in [1.165, 1.54) is 0 Å². The second-order valence-electron chi connectivity index (χ2n) is 4.52. The van der Waals surface area contributed by atoms with E-state index in [1.807, 2.05) is 6.07 Å². The normalized spacial score (nSPS) is 11.2. The van der Waals surface area contributed by atoms with E-state index in [1.54, 1.807) is 11.3 Å².